The molecule has 74 valence electrons. The van der Waals surface area contributed by atoms with Gasteiger partial charge in [-0.25, -0.2) is 0 Å². The van der Waals surface area contributed by atoms with E-state index in [1.165, 1.54) is 31.3 Å². The molecule has 0 heterocycles. The van der Waals surface area contributed by atoms with Gasteiger partial charge in [-0.3, -0.25) is 0 Å². The van der Waals surface area contributed by atoms with Gasteiger partial charge in [-0.1, -0.05) is 24.6 Å². The van der Waals surface area contributed by atoms with Crippen LogP contribution in [0.2, 0.25) is 0 Å². The van der Waals surface area contributed by atoms with E-state index in [4.69, 9.17) is 0 Å². The molecule has 0 spiro atoms. The third-order valence-corrected chi connectivity index (χ3v) is 3.37. The second kappa shape index (κ2) is 4.13. The van der Waals surface area contributed by atoms with Gasteiger partial charge in [0.05, 0.1) is 0 Å². The average Bonchev–Trinajstić information content (AvgIpc) is 2.83. The molecule has 1 saturated carbocycles. The van der Waals surface area contributed by atoms with Crippen molar-refractivity contribution in [2.75, 3.05) is 0 Å². The summed E-state index contributed by atoms with van der Waals surface area (Å²) in [6, 6.07) is 0. The summed E-state index contributed by atoms with van der Waals surface area (Å²) in [5, 5.41) is 0. The lowest BCUT2D eigenvalue weighted by molar-refractivity contribution is 0.385. The van der Waals surface area contributed by atoms with Crippen molar-refractivity contribution in [2.45, 2.75) is 46.5 Å². The Balaban J connectivity index is 2.29. The topological polar surface area (TPSA) is 0 Å². The van der Waals surface area contributed by atoms with Gasteiger partial charge in [0.1, 0.15) is 0 Å². The van der Waals surface area contributed by atoms with Crippen LogP contribution < -0.4 is 0 Å². The van der Waals surface area contributed by atoms with Crippen LogP contribution in [0.3, 0.4) is 0 Å². The fraction of sp³-hybridized carbons (Fsp3) is 0.692. The zero-order valence-corrected chi connectivity index (χ0v) is 9.27. The van der Waals surface area contributed by atoms with Gasteiger partial charge in [0.25, 0.3) is 0 Å². The molecule has 0 bridgehead atoms. The summed E-state index contributed by atoms with van der Waals surface area (Å²) in [5.41, 5.74) is 1.96. The van der Waals surface area contributed by atoms with Crippen LogP contribution in [0.5, 0.6) is 0 Å². The first-order chi connectivity index (χ1) is 6.10. The highest BCUT2D eigenvalue weighted by molar-refractivity contribution is 5.09. The lowest BCUT2D eigenvalue weighted by Gasteiger charge is -2.18. The van der Waals surface area contributed by atoms with Crippen LogP contribution in [0.1, 0.15) is 46.5 Å². The lowest BCUT2D eigenvalue weighted by atomic mass is 9.87. The van der Waals surface area contributed by atoms with Gasteiger partial charge < -0.3 is 0 Å². The molecule has 0 heteroatoms. The van der Waals surface area contributed by atoms with E-state index in [0.717, 1.165) is 5.92 Å². The Labute approximate surface area is 82.7 Å². The highest BCUT2D eigenvalue weighted by Crippen LogP contribution is 2.54. The molecule has 0 aromatic carbocycles. The summed E-state index contributed by atoms with van der Waals surface area (Å²) in [6.45, 7) is 10.7. The van der Waals surface area contributed by atoms with Crippen LogP contribution in [-0.2, 0) is 0 Å². The molecule has 0 aromatic rings. The normalized spacial score (nSPS) is 20.5. The zero-order valence-electron chi connectivity index (χ0n) is 9.27. The average molecular weight is 178 g/mol. The molecule has 13 heavy (non-hydrogen) atoms. The summed E-state index contributed by atoms with van der Waals surface area (Å²) in [5.74, 6) is 0.820. The molecular formula is C13H22. The van der Waals surface area contributed by atoms with Crippen molar-refractivity contribution in [3.05, 3.63) is 24.3 Å². The van der Waals surface area contributed by atoms with Crippen molar-refractivity contribution in [3.8, 4) is 0 Å². The molecule has 1 aliphatic rings. The third-order valence-electron chi connectivity index (χ3n) is 3.37. The largest absolute Gasteiger partial charge is 0.103 e. The van der Waals surface area contributed by atoms with Crippen molar-refractivity contribution in [3.63, 3.8) is 0 Å². The minimum atomic E-state index is 0.523. The number of hydrogen-bond acceptors (Lipinski definition) is 0. The molecule has 1 aliphatic carbocycles. The number of allylic oxidation sites excluding steroid dienone is 3. The van der Waals surface area contributed by atoms with Crippen molar-refractivity contribution in [1.29, 1.82) is 0 Å². The Morgan fingerprint density at radius 2 is 2.08 bits per heavy atom. The van der Waals surface area contributed by atoms with Crippen LogP contribution in [0.15, 0.2) is 24.3 Å². The van der Waals surface area contributed by atoms with Crippen molar-refractivity contribution >= 4 is 0 Å². The zero-order chi connectivity index (χ0) is 9.90. The van der Waals surface area contributed by atoms with Gasteiger partial charge in [-0.2, -0.15) is 0 Å². The first-order valence-electron chi connectivity index (χ1n) is 5.38. The van der Waals surface area contributed by atoms with Crippen LogP contribution in [-0.4, -0.2) is 0 Å². The third kappa shape index (κ3) is 2.72. The van der Waals surface area contributed by atoms with E-state index in [-0.39, 0.29) is 0 Å². The second-order valence-electron chi connectivity index (χ2n) is 4.70. The van der Waals surface area contributed by atoms with E-state index >= 15 is 0 Å². The Bertz CT molecular complexity index is 202. The van der Waals surface area contributed by atoms with Crippen LogP contribution in [0, 0.1) is 11.3 Å². The molecule has 1 atom stereocenters. The number of hydrogen-bond donors (Lipinski definition) is 0. The molecule has 0 amide bonds. The van der Waals surface area contributed by atoms with E-state index < -0.39 is 0 Å². The van der Waals surface area contributed by atoms with Gasteiger partial charge in [-0.05, 0) is 50.9 Å². The van der Waals surface area contributed by atoms with E-state index in [1.54, 1.807) is 0 Å². The van der Waals surface area contributed by atoms with Gasteiger partial charge in [0, 0.05) is 0 Å². The van der Waals surface area contributed by atoms with Gasteiger partial charge >= 0.3 is 0 Å². The van der Waals surface area contributed by atoms with E-state index in [1.807, 2.05) is 0 Å². The summed E-state index contributed by atoms with van der Waals surface area (Å²) in [4.78, 5) is 0. The Hall–Kier alpha value is -0.520. The summed E-state index contributed by atoms with van der Waals surface area (Å²) in [6.07, 6.45) is 9.81. The predicted molar refractivity (Wildman–Crippen MR) is 59.7 cm³/mol. The predicted octanol–water partition coefficient (Wildman–Crippen LogP) is 4.34. The molecule has 0 saturated heterocycles. The molecule has 0 aliphatic heterocycles. The Morgan fingerprint density at radius 1 is 1.46 bits per heavy atom. The minimum Gasteiger partial charge on any atom is -0.103 e. The molecule has 1 rings (SSSR count). The fourth-order valence-electron chi connectivity index (χ4n) is 1.95. The van der Waals surface area contributed by atoms with Crippen LogP contribution >= 0.6 is 0 Å². The monoisotopic (exact) mass is 178 g/mol. The quantitative estimate of drug-likeness (QED) is 0.549. The van der Waals surface area contributed by atoms with Gasteiger partial charge in [0.15, 0.2) is 0 Å². The van der Waals surface area contributed by atoms with Crippen molar-refractivity contribution in [1.82, 2.24) is 0 Å². The summed E-state index contributed by atoms with van der Waals surface area (Å²) in [7, 11) is 0. The SMILES string of the molecule is C=CC1(C(C)CCC=C(C)C)CC1. The van der Waals surface area contributed by atoms with Gasteiger partial charge in [0.2, 0.25) is 0 Å². The van der Waals surface area contributed by atoms with Crippen LogP contribution in [0.25, 0.3) is 0 Å². The molecular weight excluding hydrogens is 156 g/mol. The first kappa shape index (κ1) is 10.6. The Kier molecular flexibility index (Phi) is 3.35. The maximum absolute atomic E-state index is 3.94. The Morgan fingerprint density at radius 3 is 2.46 bits per heavy atom. The summed E-state index contributed by atoms with van der Waals surface area (Å²) >= 11 is 0. The maximum Gasteiger partial charge on any atom is -0.00945 e. The van der Waals surface area contributed by atoms with Crippen molar-refractivity contribution in [2.24, 2.45) is 11.3 Å². The lowest BCUT2D eigenvalue weighted by Crippen LogP contribution is -2.09. The molecule has 0 radical (unpaired) electrons. The molecule has 0 nitrogen and oxygen atoms in total. The maximum atomic E-state index is 3.94. The van der Waals surface area contributed by atoms with Gasteiger partial charge in [-0.15, -0.1) is 6.58 Å². The van der Waals surface area contributed by atoms with E-state index in [2.05, 4.69) is 39.5 Å². The standard InChI is InChI=1S/C13H22/c1-5-13(9-10-13)12(4)8-6-7-11(2)3/h5,7,12H,1,6,8-10H2,2-4H3. The van der Waals surface area contributed by atoms with Crippen molar-refractivity contribution < 1.29 is 0 Å². The first-order valence-corrected chi connectivity index (χ1v) is 5.38. The fourth-order valence-corrected chi connectivity index (χ4v) is 1.95. The molecule has 0 aromatic heterocycles. The molecule has 0 N–H and O–H groups in total. The molecule has 1 fully saturated rings. The van der Waals surface area contributed by atoms with Crippen LogP contribution in [0.4, 0.5) is 0 Å². The highest BCUT2D eigenvalue weighted by atomic mass is 14.5. The van der Waals surface area contributed by atoms with E-state index in [0.29, 0.717) is 5.41 Å². The summed E-state index contributed by atoms with van der Waals surface area (Å²) < 4.78 is 0. The van der Waals surface area contributed by atoms with E-state index in [9.17, 15) is 0 Å². The number of rotatable bonds is 5. The smallest absolute Gasteiger partial charge is 0.00945 e. The second-order valence-corrected chi connectivity index (χ2v) is 4.70. The minimum absolute atomic E-state index is 0.523. The highest BCUT2D eigenvalue weighted by Gasteiger charge is 2.43. The molecule has 1 unspecified atom stereocenters.